The normalized spacial score (nSPS) is 13.2. The summed E-state index contributed by atoms with van der Waals surface area (Å²) in [7, 11) is 0. The lowest BCUT2D eigenvalue weighted by molar-refractivity contribution is -0.471. The highest BCUT2D eigenvalue weighted by molar-refractivity contribution is 5.97. The molecule has 2 aromatic carbocycles. The van der Waals surface area contributed by atoms with E-state index in [1.807, 2.05) is 6.07 Å². The van der Waals surface area contributed by atoms with Gasteiger partial charge in [-0.05, 0) is 12.1 Å². The van der Waals surface area contributed by atoms with Crippen LogP contribution in [-0.2, 0) is 6.67 Å². The van der Waals surface area contributed by atoms with E-state index in [4.69, 9.17) is 0 Å². The number of aromatic nitrogens is 1. The van der Waals surface area contributed by atoms with E-state index in [1.165, 1.54) is 23.0 Å². The molecule has 3 aromatic rings. The SMILES string of the molecule is O=[N+]([O-])c1ccc([N+]2=Cc3cccc4ccn(c34)C2)cc1. The quantitative estimate of drug-likeness (QED) is 0.410. The first-order chi connectivity index (χ1) is 10.2. The lowest BCUT2D eigenvalue weighted by atomic mass is 10.1. The molecule has 5 nitrogen and oxygen atoms in total. The molecule has 0 N–H and O–H groups in total. The van der Waals surface area contributed by atoms with E-state index in [1.54, 1.807) is 12.1 Å². The van der Waals surface area contributed by atoms with Crippen LogP contribution in [0.4, 0.5) is 11.4 Å². The third-order valence-corrected chi connectivity index (χ3v) is 3.81. The third-order valence-electron chi connectivity index (χ3n) is 3.81. The summed E-state index contributed by atoms with van der Waals surface area (Å²) in [5.74, 6) is 0. The Bertz CT molecular complexity index is 892. The Morgan fingerprint density at radius 3 is 2.67 bits per heavy atom. The molecule has 0 radical (unpaired) electrons. The van der Waals surface area contributed by atoms with Crippen molar-refractivity contribution in [3.8, 4) is 0 Å². The Labute approximate surface area is 120 Å². The van der Waals surface area contributed by atoms with Crippen LogP contribution in [0.3, 0.4) is 0 Å². The molecule has 0 amide bonds. The number of para-hydroxylation sites is 1. The van der Waals surface area contributed by atoms with E-state index in [0.717, 1.165) is 11.3 Å². The van der Waals surface area contributed by atoms with Crippen LogP contribution in [0.15, 0.2) is 54.7 Å². The van der Waals surface area contributed by atoms with Crippen molar-refractivity contribution in [3.05, 3.63) is 70.4 Å². The minimum atomic E-state index is -0.380. The van der Waals surface area contributed by atoms with E-state index in [0.29, 0.717) is 6.67 Å². The van der Waals surface area contributed by atoms with Crippen LogP contribution < -0.4 is 0 Å². The molecule has 1 aromatic heterocycles. The number of nitro groups is 1. The third kappa shape index (κ3) is 1.82. The lowest BCUT2D eigenvalue weighted by Gasteiger charge is -2.12. The summed E-state index contributed by atoms with van der Waals surface area (Å²) in [5.41, 5.74) is 3.44. The molecular formula is C16H12N3O2+. The number of non-ortho nitro benzene ring substituents is 1. The van der Waals surface area contributed by atoms with Crippen LogP contribution in [0.1, 0.15) is 5.56 Å². The number of nitrogens with zero attached hydrogens (tertiary/aromatic N) is 3. The van der Waals surface area contributed by atoms with Crippen molar-refractivity contribution < 1.29 is 9.50 Å². The van der Waals surface area contributed by atoms with Gasteiger partial charge >= 0.3 is 0 Å². The van der Waals surface area contributed by atoms with Crippen LogP contribution in [0.5, 0.6) is 0 Å². The van der Waals surface area contributed by atoms with Crippen LogP contribution in [0.2, 0.25) is 0 Å². The van der Waals surface area contributed by atoms with E-state index in [-0.39, 0.29) is 10.6 Å². The highest BCUT2D eigenvalue weighted by atomic mass is 16.6. The predicted octanol–water partition coefficient (Wildman–Crippen LogP) is 3.28. The minimum Gasteiger partial charge on any atom is -0.291 e. The van der Waals surface area contributed by atoms with Crippen LogP contribution in [-0.4, -0.2) is 20.3 Å². The van der Waals surface area contributed by atoms with Crippen LogP contribution in [0, 0.1) is 10.1 Å². The highest BCUT2D eigenvalue weighted by Gasteiger charge is 2.20. The first-order valence-electron chi connectivity index (χ1n) is 6.66. The second-order valence-electron chi connectivity index (χ2n) is 5.08. The predicted molar refractivity (Wildman–Crippen MR) is 80.1 cm³/mol. The maximum absolute atomic E-state index is 10.7. The zero-order valence-electron chi connectivity index (χ0n) is 11.1. The molecule has 0 spiro atoms. The Morgan fingerprint density at radius 2 is 1.90 bits per heavy atom. The Balaban J connectivity index is 1.80. The molecule has 0 bridgehead atoms. The largest absolute Gasteiger partial charge is 0.291 e. The molecule has 0 fully saturated rings. The first-order valence-corrected chi connectivity index (χ1v) is 6.66. The van der Waals surface area contributed by atoms with Gasteiger partial charge in [-0.15, -0.1) is 0 Å². The molecule has 1 aliphatic heterocycles. The van der Waals surface area contributed by atoms with Gasteiger partial charge in [0.2, 0.25) is 12.4 Å². The van der Waals surface area contributed by atoms with E-state index >= 15 is 0 Å². The second-order valence-corrected chi connectivity index (χ2v) is 5.08. The summed E-state index contributed by atoms with van der Waals surface area (Å²) in [6.07, 6.45) is 4.16. The van der Waals surface area contributed by atoms with Gasteiger partial charge in [-0.3, -0.25) is 14.7 Å². The van der Waals surface area contributed by atoms with E-state index in [9.17, 15) is 10.1 Å². The summed E-state index contributed by atoms with van der Waals surface area (Å²) < 4.78 is 4.28. The summed E-state index contributed by atoms with van der Waals surface area (Å²) in [6, 6.07) is 15.0. The number of hydrogen-bond donors (Lipinski definition) is 0. The topological polar surface area (TPSA) is 51.1 Å². The molecule has 0 saturated heterocycles. The molecule has 102 valence electrons. The fourth-order valence-electron chi connectivity index (χ4n) is 2.81. The summed E-state index contributed by atoms with van der Waals surface area (Å²) in [6.45, 7) is 0.707. The average molecular weight is 278 g/mol. The van der Waals surface area contributed by atoms with Crippen molar-refractivity contribution >= 4 is 28.5 Å². The van der Waals surface area contributed by atoms with Crippen LogP contribution in [0.25, 0.3) is 10.9 Å². The van der Waals surface area contributed by atoms with Gasteiger partial charge in [-0.25, -0.2) is 0 Å². The summed E-state index contributed by atoms with van der Waals surface area (Å²) in [4.78, 5) is 10.3. The molecule has 1 aliphatic rings. The zero-order valence-corrected chi connectivity index (χ0v) is 11.1. The van der Waals surface area contributed by atoms with Gasteiger partial charge in [0.05, 0.1) is 16.0 Å². The van der Waals surface area contributed by atoms with Crippen molar-refractivity contribution in [2.45, 2.75) is 6.67 Å². The lowest BCUT2D eigenvalue weighted by Crippen LogP contribution is -2.18. The van der Waals surface area contributed by atoms with Gasteiger partial charge < -0.3 is 0 Å². The molecule has 0 atom stereocenters. The van der Waals surface area contributed by atoms with Crippen LogP contribution >= 0.6 is 0 Å². The molecule has 4 rings (SSSR count). The molecule has 2 heterocycles. The van der Waals surface area contributed by atoms with Gasteiger partial charge in [0.1, 0.15) is 0 Å². The average Bonchev–Trinajstić information content (AvgIpc) is 2.92. The summed E-state index contributed by atoms with van der Waals surface area (Å²) in [5, 5.41) is 12.0. The highest BCUT2D eigenvalue weighted by Crippen LogP contribution is 2.25. The van der Waals surface area contributed by atoms with Gasteiger partial charge in [-0.1, -0.05) is 12.1 Å². The minimum absolute atomic E-state index is 0.111. The first kappa shape index (κ1) is 11.8. The molecule has 0 aliphatic carbocycles. The van der Waals surface area contributed by atoms with Gasteiger partial charge in [0, 0.05) is 35.8 Å². The van der Waals surface area contributed by atoms with Gasteiger partial charge in [-0.2, -0.15) is 4.58 Å². The molecule has 0 unspecified atom stereocenters. The van der Waals surface area contributed by atoms with Crippen molar-refractivity contribution in [2.75, 3.05) is 0 Å². The fraction of sp³-hybridized carbons (Fsp3) is 0.0625. The maximum atomic E-state index is 10.7. The monoisotopic (exact) mass is 278 g/mol. The molecule has 0 saturated carbocycles. The molecular weight excluding hydrogens is 266 g/mol. The fourth-order valence-corrected chi connectivity index (χ4v) is 2.81. The Morgan fingerprint density at radius 1 is 1.10 bits per heavy atom. The Hall–Kier alpha value is -2.95. The van der Waals surface area contributed by atoms with E-state index in [2.05, 4.69) is 39.8 Å². The zero-order chi connectivity index (χ0) is 14.4. The summed E-state index contributed by atoms with van der Waals surface area (Å²) >= 11 is 0. The number of hydrogen-bond acceptors (Lipinski definition) is 2. The van der Waals surface area contributed by atoms with Gasteiger partial charge in [0.15, 0.2) is 6.21 Å². The van der Waals surface area contributed by atoms with Crippen molar-refractivity contribution in [1.82, 2.24) is 4.57 Å². The smallest absolute Gasteiger partial charge is 0.269 e. The van der Waals surface area contributed by atoms with Gasteiger partial charge in [0.25, 0.3) is 5.69 Å². The van der Waals surface area contributed by atoms with Crippen molar-refractivity contribution in [1.29, 1.82) is 0 Å². The van der Waals surface area contributed by atoms with E-state index < -0.39 is 0 Å². The number of nitro benzene ring substituents is 1. The van der Waals surface area contributed by atoms with Crippen molar-refractivity contribution in [2.24, 2.45) is 0 Å². The molecule has 5 heteroatoms. The second kappa shape index (κ2) is 4.28. The number of rotatable bonds is 2. The Kier molecular flexibility index (Phi) is 2.41. The number of benzene rings is 2. The molecule has 21 heavy (non-hydrogen) atoms. The standard InChI is InChI=1S/C16H12N3O2/c20-19(21)15-6-4-14(5-7-15)18-10-13-3-1-2-12-8-9-17(11-18)16(12)13/h1-10H,11H2/q+1. The van der Waals surface area contributed by atoms with Crippen molar-refractivity contribution in [3.63, 3.8) is 0 Å². The maximum Gasteiger partial charge on any atom is 0.269 e.